The van der Waals surface area contributed by atoms with Crippen molar-refractivity contribution in [3.05, 3.63) is 53.3 Å². The summed E-state index contributed by atoms with van der Waals surface area (Å²) >= 11 is 0. The van der Waals surface area contributed by atoms with Crippen molar-refractivity contribution >= 4 is 12.2 Å². The van der Waals surface area contributed by atoms with Gasteiger partial charge in [0, 0.05) is 19.2 Å². The number of carbonyl (C=O) groups is 2. The second-order valence-electron chi connectivity index (χ2n) is 6.33. The summed E-state index contributed by atoms with van der Waals surface area (Å²) in [5, 5.41) is 19.2. The van der Waals surface area contributed by atoms with Crippen molar-refractivity contribution in [2.45, 2.75) is 19.1 Å². The zero-order chi connectivity index (χ0) is 19.9. The van der Waals surface area contributed by atoms with Gasteiger partial charge in [-0.05, 0) is 24.3 Å². The summed E-state index contributed by atoms with van der Waals surface area (Å²) in [7, 11) is 0. The Hall–Kier alpha value is -2.97. The van der Waals surface area contributed by atoms with E-state index in [9.17, 15) is 19.8 Å². The molecule has 2 N–H and O–H groups in total. The summed E-state index contributed by atoms with van der Waals surface area (Å²) in [5.41, 5.74) is 0.802. The second-order valence-corrected chi connectivity index (χ2v) is 6.33. The predicted octanol–water partition coefficient (Wildman–Crippen LogP) is 1.40. The Morgan fingerprint density at radius 3 is 3.00 bits per heavy atom. The number of aliphatic hydroxyl groups excluding tert-OH is 1. The Kier molecular flexibility index (Phi) is 6.57. The number of amides is 1. The first-order valence-electron chi connectivity index (χ1n) is 8.99. The summed E-state index contributed by atoms with van der Waals surface area (Å²) in [6, 6.07) is 7.70. The maximum Gasteiger partial charge on any atom is 0.256 e. The zero-order valence-electron chi connectivity index (χ0n) is 15.3. The molecule has 8 heteroatoms. The van der Waals surface area contributed by atoms with Gasteiger partial charge in [-0.1, -0.05) is 6.07 Å². The number of aldehydes is 1. The summed E-state index contributed by atoms with van der Waals surface area (Å²) in [4.78, 5) is 29.9. The van der Waals surface area contributed by atoms with Crippen LogP contribution in [0, 0.1) is 0 Å². The van der Waals surface area contributed by atoms with E-state index in [2.05, 4.69) is 4.98 Å². The molecule has 1 amide bonds. The Morgan fingerprint density at radius 1 is 1.36 bits per heavy atom. The third kappa shape index (κ3) is 4.29. The maximum absolute atomic E-state index is 13.0. The predicted molar refractivity (Wildman–Crippen MR) is 99.4 cm³/mol. The Bertz CT molecular complexity index is 841. The van der Waals surface area contributed by atoms with Gasteiger partial charge >= 0.3 is 0 Å². The van der Waals surface area contributed by atoms with Crippen LogP contribution in [0.25, 0.3) is 0 Å². The lowest BCUT2D eigenvalue weighted by atomic mass is 10.1. The topological polar surface area (TPSA) is 109 Å². The molecule has 148 valence electrons. The van der Waals surface area contributed by atoms with E-state index in [0.717, 1.165) is 0 Å². The van der Waals surface area contributed by atoms with Crippen molar-refractivity contribution in [1.82, 2.24) is 9.88 Å². The fraction of sp³-hybridized carbons (Fsp3) is 0.350. The molecule has 0 saturated carbocycles. The highest BCUT2D eigenvalue weighted by Gasteiger charge is 2.29. The number of benzene rings is 1. The first-order chi connectivity index (χ1) is 13.7. The van der Waals surface area contributed by atoms with Gasteiger partial charge in [-0.2, -0.15) is 0 Å². The van der Waals surface area contributed by atoms with Crippen molar-refractivity contribution in [1.29, 1.82) is 0 Å². The van der Waals surface area contributed by atoms with E-state index in [4.69, 9.17) is 9.47 Å². The molecule has 8 nitrogen and oxygen atoms in total. The standard InChI is InChI=1S/C20H22N2O6/c23-11-16-18(25)4-1-5-19(16)28-9-6-14-13-27-10-8-22(14)20(26)15-3-2-7-21-17(15)12-24/h1-5,7,11,14,24-25H,6,8-10,12-13H2/t14-/m1/s1. The number of ether oxygens (including phenoxy) is 2. The molecule has 2 aromatic rings. The molecule has 1 aromatic heterocycles. The lowest BCUT2D eigenvalue weighted by Crippen LogP contribution is -2.49. The van der Waals surface area contributed by atoms with Gasteiger partial charge in [-0.3, -0.25) is 14.6 Å². The molecule has 1 aromatic carbocycles. The highest BCUT2D eigenvalue weighted by Crippen LogP contribution is 2.26. The van der Waals surface area contributed by atoms with Crippen molar-refractivity contribution in [2.24, 2.45) is 0 Å². The average Bonchev–Trinajstić information content (AvgIpc) is 2.73. The van der Waals surface area contributed by atoms with Gasteiger partial charge in [-0.25, -0.2) is 0 Å². The lowest BCUT2D eigenvalue weighted by Gasteiger charge is -2.36. The minimum atomic E-state index is -0.313. The maximum atomic E-state index is 13.0. The molecule has 1 atom stereocenters. The van der Waals surface area contributed by atoms with Gasteiger partial charge in [-0.15, -0.1) is 0 Å². The SMILES string of the molecule is O=Cc1c(O)cccc1OCC[C@@H]1COCCN1C(=O)c1cccnc1CO. The number of phenolic OH excluding ortho intramolecular Hbond substituents is 1. The quantitative estimate of drug-likeness (QED) is 0.692. The highest BCUT2D eigenvalue weighted by atomic mass is 16.5. The number of nitrogens with zero attached hydrogens (tertiary/aromatic N) is 2. The average molecular weight is 386 g/mol. The molecular formula is C20H22N2O6. The number of hydrogen-bond donors (Lipinski definition) is 2. The molecule has 1 aliphatic rings. The normalized spacial score (nSPS) is 16.6. The first kappa shape index (κ1) is 19.8. The number of aliphatic hydroxyl groups is 1. The van der Waals surface area contributed by atoms with Gasteiger partial charge in [0.05, 0.1) is 49.3 Å². The van der Waals surface area contributed by atoms with Crippen molar-refractivity contribution < 1.29 is 29.3 Å². The van der Waals surface area contributed by atoms with E-state index in [1.54, 1.807) is 29.2 Å². The third-order valence-electron chi connectivity index (χ3n) is 4.63. The zero-order valence-corrected chi connectivity index (χ0v) is 15.3. The lowest BCUT2D eigenvalue weighted by molar-refractivity contribution is -0.00758. The monoisotopic (exact) mass is 386 g/mol. The van der Waals surface area contributed by atoms with Crippen molar-refractivity contribution in [3.63, 3.8) is 0 Å². The Labute approximate surface area is 162 Å². The molecule has 0 aliphatic carbocycles. The van der Waals surface area contributed by atoms with E-state index < -0.39 is 0 Å². The molecule has 0 unspecified atom stereocenters. The smallest absolute Gasteiger partial charge is 0.256 e. The van der Waals surface area contributed by atoms with Crippen molar-refractivity contribution in [3.8, 4) is 11.5 Å². The molecule has 1 fully saturated rings. The summed E-state index contributed by atoms with van der Waals surface area (Å²) in [5.74, 6) is -0.0609. The molecule has 28 heavy (non-hydrogen) atoms. The van der Waals surface area contributed by atoms with E-state index in [-0.39, 0.29) is 36.5 Å². The number of hydrogen-bond acceptors (Lipinski definition) is 7. The molecule has 1 saturated heterocycles. The van der Waals surface area contributed by atoms with Crippen LogP contribution in [0.5, 0.6) is 11.5 Å². The van der Waals surface area contributed by atoms with Gasteiger partial charge < -0.3 is 24.6 Å². The van der Waals surface area contributed by atoms with Crippen LogP contribution < -0.4 is 4.74 Å². The molecule has 2 heterocycles. The largest absolute Gasteiger partial charge is 0.507 e. The molecular weight excluding hydrogens is 364 g/mol. The van der Waals surface area contributed by atoms with Crippen LogP contribution in [-0.2, 0) is 11.3 Å². The van der Waals surface area contributed by atoms with E-state index in [0.29, 0.717) is 49.5 Å². The number of morpholine rings is 1. The van der Waals surface area contributed by atoms with E-state index in [1.807, 2.05) is 0 Å². The van der Waals surface area contributed by atoms with Crippen LogP contribution in [0.3, 0.4) is 0 Å². The van der Waals surface area contributed by atoms with Gasteiger partial charge in [0.2, 0.25) is 0 Å². The van der Waals surface area contributed by atoms with Crippen LogP contribution in [-0.4, -0.2) is 64.7 Å². The number of carbonyl (C=O) groups excluding carboxylic acids is 2. The van der Waals surface area contributed by atoms with Gasteiger partial charge in [0.25, 0.3) is 5.91 Å². The Morgan fingerprint density at radius 2 is 2.21 bits per heavy atom. The molecule has 0 spiro atoms. The van der Waals surface area contributed by atoms with Gasteiger partial charge in [0.1, 0.15) is 11.5 Å². The minimum Gasteiger partial charge on any atom is -0.507 e. The van der Waals surface area contributed by atoms with Crippen LogP contribution in [0.2, 0.25) is 0 Å². The van der Waals surface area contributed by atoms with E-state index in [1.165, 1.54) is 12.3 Å². The minimum absolute atomic E-state index is 0.0956. The molecule has 1 aliphatic heterocycles. The van der Waals surface area contributed by atoms with Crippen molar-refractivity contribution in [2.75, 3.05) is 26.4 Å². The number of aromatic nitrogens is 1. The second kappa shape index (κ2) is 9.29. The number of pyridine rings is 1. The number of aromatic hydroxyl groups is 1. The summed E-state index contributed by atoms with van der Waals surface area (Å²) in [6.45, 7) is 1.15. The molecule has 0 bridgehead atoms. The fourth-order valence-electron chi connectivity index (χ4n) is 3.16. The summed E-state index contributed by atoms with van der Waals surface area (Å²) < 4.78 is 11.2. The first-order valence-corrected chi connectivity index (χ1v) is 8.99. The number of phenols is 1. The molecule has 3 rings (SSSR count). The van der Waals surface area contributed by atoms with Crippen LogP contribution in [0.4, 0.5) is 0 Å². The van der Waals surface area contributed by atoms with Crippen LogP contribution >= 0.6 is 0 Å². The number of rotatable bonds is 7. The highest BCUT2D eigenvalue weighted by molar-refractivity contribution is 5.95. The summed E-state index contributed by atoms with van der Waals surface area (Å²) in [6.07, 6.45) is 2.56. The van der Waals surface area contributed by atoms with E-state index >= 15 is 0 Å². The van der Waals surface area contributed by atoms with Crippen LogP contribution in [0.15, 0.2) is 36.5 Å². The van der Waals surface area contributed by atoms with Crippen LogP contribution in [0.1, 0.15) is 32.8 Å². The third-order valence-corrected chi connectivity index (χ3v) is 4.63. The Balaban J connectivity index is 1.68. The molecule has 0 radical (unpaired) electrons. The fourth-order valence-corrected chi connectivity index (χ4v) is 3.16. The van der Waals surface area contributed by atoms with Gasteiger partial charge in [0.15, 0.2) is 6.29 Å².